The molecule has 0 aromatic rings. The normalized spacial score (nSPS) is 10.3. The van der Waals surface area contributed by atoms with Gasteiger partial charge in [-0.2, -0.15) is 0 Å². The monoisotopic (exact) mass is 857 g/mol. The number of nitrogens with one attached hydrogen (secondary N) is 2. The highest BCUT2D eigenvalue weighted by Crippen LogP contribution is 2.32. The van der Waals surface area contributed by atoms with Crippen molar-refractivity contribution in [1.29, 1.82) is 0 Å². The Morgan fingerprint density at radius 2 is 0.726 bits per heavy atom. The average Bonchev–Trinajstić information content (AvgIpc) is 3.23. The third-order valence-electron chi connectivity index (χ3n) is 9.78. The Bertz CT molecular complexity index is 1100. The van der Waals surface area contributed by atoms with Gasteiger partial charge in [-0.1, -0.05) is 98.1 Å². The van der Waals surface area contributed by atoms with E-state index in [9.17, 15) is 0 Å². The molecule has 0 aromatic heterocycles. The molecule has 0 amide bonds. The summed E-state index contributed by atoms with van der Waals surface area (Å²) in [5.74, 6) is 0.556. The van der Waals surface area contributed by atoms with Crippen molar-refractivity contribution in [1.82, 2.24) is 10.6 Å². The highest BCUT2D eigenvalue weighted by atomic mass is 14.8. The van der Waals surface area contributed by atoms with E-state index in [-0.39, 0.29) is 21.8 Å². The molecule has 0 aliphatic carbocycles. The largest absolute Gasteiger partial charge is 0.330 e. The van der Waals surface area contributed by atoms with Crippen molar-refractivity contribution >= 4 is 0 Å². The Morgan fingerprint density at radius 3 is 0.935 bits per heavy atom. The lowest BCUT2D eigenvalue weighted by atomic mass is 9.78. The fourth-order valence-electron chi connectivity index (χ4n) is 6.29. The Kier molecular flexibility index (Phi) is 57.5. The van der Waals surface area contributed by atoms with Crippen LogP contribution in [0.2, 0.25) is 0 Å². The molecular weight excluding hydrogens is 757 g/mol. The summed E-state index contributed by atoms with van der Waals surface area (Å²) in [4.78, 5) is 0. The van der Waals surface area contributed by atoms with Crippen LogP contribution >= 0.6 is 0 Å². The zero-order valence-corrected chi connectivity index (χ0v) is 40.6. The molecule has 0 unspecified atom stereocenters. The third kappa shape index (κ3) is 43.9. The number of rotatable bonds is 35. The predicted molar refractivity (Wildman–Crippen MR) is 290 cm³/mol. The molecule has 0 aromatic carbocycles. The van der Waals surface area contributed by atoms with Crippen LogP contribution in [0.1, 0.15) is 90.4 Å². The topological polar surface area (TPSA) is 128 Å². The molecule has 0 fully saturated rings. The van der Waals surface area contributed by atoms with Gasteiger partial charge < -0.3 is 33.6 Å². The lowest BCUT2D eigenvalue weighted by molar-refractivity contribution is 0.289. The van der Waals surface area contributed by atoms with E-state index in [2.05, 4.69) is 116 Å². The molecule has 6 heteroatoms. The minimum atomic E-state index is -0.203. The van der Waals surface area contributed by atoms with Crippen molar-refractivity contribution in [2.24, 2.45) is 45.1 Å². The Hall–Kier alpha value is -4.14. The van der Waals surface area contributed by atoms with Gasteiger partial charge in [-0.3, -0.25) is 0 Å². The van der Waals surface area contributed by atoms with E-state index in [1.54, 1.807) is 0 Å². The first-order valence-corrected chi connectivity index (χ1v) is 22.0. The molecule has 0 spiro atoms. The standard InChI is InChI=1S/C12H21N.C11H19N.C10H17N.C9H17N.C8H15N.C6H11N/c1-5-8-12(9-6-2,10-7-3)11-13-4;1-4-7-11(10-12,8-5-2)9-6-3;1-4-7-10(11,8-5-2)9-6-3;1-4-6-9(3,8-10)7-5-2;1-3-5-8(7-9)6-4-2;1-3-5-7-6-4-2/h5-7,13H,1-3,8-11H2,4H3;4-6H,1-3,7-10,12H2;4-6H,1-3,7-9,11H2;4-5H,1-2,6-8,10H2,3H3;3-4,8H,1-2,5-7,9H2;3-4,7H,1-2,5-6H2. The fraction of sp³-hybridized carbons (Fsp3) is 0.464. The van der Waals surface area contributed by atoms with Crippen LogP contribution < -0.4 is 33.6 Å². The lowest BCUT2D eigenvalue weighted by Crippen LogP contribution is -2.37. The average molecular weight is 857 g/mol. The lowest BCUT2D eigenvalue weighted by Gasteiger charge is -2.30. The minimum absolute atomic E-state index is 0.116. The SMILES string of the molecule is C=CCC(C)(CN)CC=C.C=CCC(CC=C)(CC=C)CNC.C=CCC(CN)(CC=C)CC=C.C=CCC(CN)CC=C.C=CCC(N)(CC=C)CC=C.C=CCNCC=C. The molecule has 354 valence electrons. The second kappa shape index (κ2) is 51.2. The summed E-state index contributed by atoms with van der Waals surface area (Å²) in [7, 11) is 1.98. The first-order valence-electron chi connectivity index (χ1n) is 22.0. The van der Waals surface area contributed by atoms with E-state index in [1.165, 1.54) is 0 Å². The van der Waals surface area contributed by atoms with Crippen molar-refractivity contribution < 1.29 is 0 Å². The van der Waals surface area contributed by atoms with Gasteiger partial charge in [-0.15, -0.1) is 98.7 Å². The number of allylic oxidation sites excluding steroid dienone is 10. The van der Waals surface area contributed by atoms with Crippen molar-refractivity contribution in [2.45, 2.75) is 95.9 Å². The Labute approximate surface area is 386 Å². The van der Waals surface area contributed by atoms with Gasteiger partial charge in [-0.05, 0) is 132 Å². The van der Waals surface area contributed by atoms with Crippen LogP contribution in [0.25, 0.3) is 0 Å². The molecule has 10 N–H and O–H groups in total. The smallest absolute Gasteiger partial charge is 0.0258 e. The molecule has 0 saturated heterocycles. The summed E-state index contributed by atoms with van der Waals surface area (Å²) >= 11 is 0. The van der Waals surface area contributed by atoms with E-state index in [4.69, 9.17) is 22.9 Å². The number of hydrogen-bond acceptors (Lipinski definition) is 6. The molecule has 0 radical (unpaired) electrons. The highest BCUT2D eigenvalue weighted by Gasteiger charge is 2.25. The molecule has 0 aliphatic heterocycles. The van der Waals surface area contributed by atoms with Gasteiger partial charge in [0.25, 0.3) is 0 Å². The first-order chi connectivity index (χ1) is 29.6. The maximum Gasteiger partial charge on any atom is 0.0258 e. The van der Waals surface area contributed by atoms with E-state index < -0.39 is 0 Å². The summed E-state index contributed by atoms with van der Waals surface area (Å²) in [6.07, 6.45) is 40.7. The van der Waals surface area contributed by atoms with Crippen LogP contribution in [0, 0.1) is 22.2 Å². The minimum Gasteiger partial charge on any atom is -0.330 e. The van der Waals surface area contributed by atoms with Gasteiger partial charge in [0.1, 0.15) is 0 Å². The molecule has 0 bridgehead atoms. The number of nitrogens with two attached hydrogens (primary N) is 4. The summed E-state index contributed by atoms with van der Waals surface area (Å²) in [6, 6.07) is 0. The molecule has 0 atom stereocenters. The molecule has 0 saturated carbocycles. The highest BCUT2D eigenvalue weighted by molar-refractivity contribution is 5.00. The first kappa shape index (κ1) is 69.6. The van der Waals surface area contributed by atoms with Crippen LogP contribution in [0.4, 0.5) is 0 Å². The molecule has 0 heterocycles. The molecule has 6 nitrogen and oxygen atoms in total. The van der Waals surface area contributed by atoms with Crippen molar-refractivity contribution in [2.75, 3.05) is 46.3 Å². The van der Waals surface area contributed by atoms with Crippen LogP contribution in [-0.4, -0.2) is 51.9 Å². The summed E-state index contributed by atoms with van der Waals surface area (Å²) in [5, 5.41) is 6.27. The van der Waals surface area contributed by atoms with E-state index in [0.717, 1.165) is 110 Å². The molecular formula is C56H100N6. The van der Waals surface area contributed by atoms with Crippen molar-refractivity contribution in [3.05, 3.63) is 190 Å². The second-order valence-corrected chi connectivity index (χ2v) is 15.9. The van der Waals surface area contributed by atoms with Crippen LogP contribution in [0.5, 0.6) is 0 Å². The zero-order valence-electron chi connectivity index (χ0n) is 40.6. The van der Waals surface area contributed by atoms with Crippen LogP contribution in [-0.2, 0) is 0 Å². The second-order valence-electron chi connectivity index (χ2n) is 15.9. The van der Waals surface area contributed by atoms with Crippen molar-refractivity contribution in [3.8, 4) is 0 Å². The van der Waals surface area contributed by atoms with E-state index in [1.807, 2.05) is 98.2 Å². The molecule has 0 rings (SSSR count). The quantitative estimate of drug-likeness (QED) is 0.0278. The summed E-state index contributed by atoms with van der Waals surface area (Å²) in [6.45, 7) is 62.3. The van der Waals surface area contributed by atoms with Gasteiger partial charge in [-0.25, -0.2) is 0 Å². The fourth-order valence-corrected chi connectivity index (χ4v) is 6.29. The number of hydrogen-bond donors (Lipinski definition) is 6. The van der Waals surface area contributed by atoms with Gasteiger partial charge in [0, 0.05) is 25.2 Å². The Balaban J connectivity index is -0.000000153. The van der Waals surface area contributed by atoms with E-state index in [0.29, 0.717) is 19.0 Å². The van der Waals surface area contributed by atoms with Crippen LogP contribution in [0.15, 0.2) is 190 Å². The zero-order chi connectivity index (χ0) is 49.0. The molecule has 62 heavy (non-hydrogen) atoms. The maximum absolute atomic E-state index is 6.02. The van der Waals surface area contributed by atoms with E-state index >= 15 is 0 Å². The third-order valence-corrected chi connectivity index (χ3v) is 9.78. The van der Waals surface area contributed by atoms with Gasteiger partial charge in [0.05, 0.1) is 0 Å². The van der Waals surface area contributed by atoms with Gasteiger partial charge >= 0.3 is 0 Å². The van der Waals surface area contributed by atoms with Gasteiger partial charge in [0.15, 0.2) is 0 Å². The summed E-state index contributed by atoms with van der Waals surface area (Å²) < 4.78 is 0. The summed E-state index contributed by atoms with van der Waals surface area (Å²) in [5.41, 5.74) is 23.1. The predicted octanol–water partition coefficient (Wildman–Crippen LogP) is 12.8. The van der Waals surface area contributed by atoms with Gasteiger partial charge in [0.2, 0.25) is 0 Å². The Morgan fingerprint density at radius 1 is 0.419 bits per heavy atom. The van der Waals surface area contributed by atoms with Crippen molar-refractivity contribution in [3.63, 3.8) is 0 Å². The maximum atomic E-state index is 6.02. The molecule has 0 aliphatic rings. The van der Waals surface area contributed by atoms with Crippen LogP contribution in [0.3, 0.4) is 0 Å².